The normalized spacial score (nSPS) is 16.3. The number of anilines is 1. The zero-order valence-electron chi connectivity index (χ0n) is 16.1. The Hall–Kier alpha value is -2.29. The summed E-state index contributed by atoms with van der Waals surface area (Å²) in [7, 11) is 0. The van der Waals surface area contributed by atoms with Gasteiger partial charge in [0.1, 0.15) is 0 Å². The molecule has 2 atom stereocenters. The molecule has 0 saturated heterocycles. The molecule has 2 aromatic carbocycles. The minimum absolute atomic E-state index is 0.237. The molecule has 0 spiro atoms. The van der Waals surface area contributed by atoms with Gasteiger partial charge in [-0.3, -0.25) is 4.90 Å². The minimum atomic E-state index is -0.890. The van der Waals surface area contributed by atoms with Gasteiger partial charge < -0.3 is 5.11 Å². The van der Waals surface area contributed by atoms with Crippen molar-refractivity contribution in [3.63, 3.8) is 0 Å². The Bertz CT molecular complexity index is 765. The predicted molar refractivity (Wildman–Crippen MR) is 107 cm³/mol. The zero-order chi connectivity index (χ0) is 18.8. The lowest BCUT2D eigenvalue weighted by Gasteiger charge is -2.33. The van der Waals surface area contributed by atoms with E-state index in [2.05, 4.69) is 39.0 Å². The van der Waals surface area contributed by atoms with Crippen LogP contribution in [0.15, 0.2) is 48.5 Å². The van der Waals surface area contributed by atoms with E-state index in [0.29, 0.717) is 11.8 Å². The topological polar surface area (TPSA) is 40.5 Å². The molecule has 3 rings (SSSR count). The van der Waals surface area contributed by atoms with Gasteiger partial charge in [-0.1, -0.05) is 69.3 Å². The predicted octanol–water partition coefficient (Wildman–Crippen LogP) is 6.57. The molecule has 0 bridgehead atoms. The van der Waals surface area contributed by atoms with Gasteiger partial charge in [0, 0.05) is 0 Å². The molecule has 0 radical (unpaired) electrons. The van der Waals surface area contributed by atoms with E-state index in [9.17, 15) is 9.90 Å². The van der Waals surface area contributed by atoms with Gasteiger partial charge in [-0.05, 0) is 54.2 Å². The molecule has 0 aliphatic heterocycles. The highest BCUT2D eigenvalue weighted by Crippen LogP contribution is 2.47. The summed E-state index contributed by atoms with van der Waals surface area (Å²) in [6, 6.07) is 15.9. The van der Waals surface area contributed by atoms with Gasteiger partial charge in [0.05, 0.1) is 11.7 Å². The van der Waals surface area contributed by atoms with Crippen molar-refractivity contribution in [2.45, 2.75) is 58.4 Å². The second-order valence-electron chi connectivity index (χ2n) is 7.81. The average Bonchev–Trinajstić information content (AvgIpc) is 3.46. The molecule has 0 aromatic heterocycles. The number of hydrogen-bond donors (Lipinski definition) is 1. The minimum Gasteiger partial charge on any atom is -0.465 e. The summed E-state index contributed by atoms with van der Waals surface area (Å²) in [5.41, 5.74) is 4.19. The number of amides is 1. The van der Waals surface area contributed by atoms with E-state index in [1.54, 1.807) is 4.90 Å². The largest absolute Gasteiger partial charge is 0.465 e. The molecule has 1 amide bonds. The Balaban J connectivity index is 2.15. The molecule has 26 heavy (non-hydrogen) atoms. The van der Waals surface area contributed by atoms with Crippen molar-refractivity contribution in [3.05, 3.63) is 65.2 Å². The van der Waals surface area contributed by atoms with Gasteiger partial charge in [-0.15, -0.1) is 0 Å². The van der Waals surface area contributed by atoms with E-state index in [-0.39, 0.29) is 12.0 Å². The van der Waals surface area contributed by atoms with E-state index < -0.39 is 6.09 Å². The van der Waals surface area contributed by atoms with Crippen LogP contribution in [0, 0.1) is 5.92 Å². The van der Waals surface area contributed by atoms with E-state index in [1.165, 1.54) is 18.4 Å². The van der Waals surface area contributed by atoms with Crippen LogP contribution in [0.3, 0.4) is 0 Å². The number of benzene rings is 2. The molecule has 1 aliphatic carbocycles. The summed E-state index contributed by atoms with van der Waals surface area (Å²) >= 11 is 0. The van der Waals surface area contributed by atoms with Crippen molar-refractivity contribution >= 4 is 11.8 Å². The quantitative estimate of drug-likeness (QED) is 0.639. The van der Waals surface area contributed by atoms with E-state index in [4.69, 9.17) is 0 Å². The molecular weight excluding hydrogens is 322 g/mol. The van der Waals surface area contributed by atoms with Gasteiger partial charge in [0.25, 0.3) is 0 Å². The van der Waals surface area contributed by atoms with Gasteiger partial charge in [-0.25, -0.2) is 4.79 Å². The maximum atomic E-state index is 12.4. The lowest BCUT2D eigenvalue weighted by atomic mass is 9.88. The first-order chi connectivity index (χ1) is 12.4. The highest BCUT2D eigenvalue weighted by molar-refractivity contribution is 5.90. The van der Waals surface area contributed by atoms with Crippen molar-refractivity contribution in [3.8, 4) is 0 Å². The van der Waals surface area contributed by atoms with E-state index in [0.717, 1.165) is 16.8 Å². The number of nitrogens with zero attached hydrogens (tertiary/aromatic N) is 1. The zero-order valence-corrected chi connectivity index (χ0v) is 16.1. The fourth-order valence-electron chi connectivity index (χ4n) is 3.88. The average molecular weight is 351 g/mol. The summed E-state index contributed by atoms with van der Waals surface area (Å²) in [6.07, 6.45) is 1.60. The Labute approximate surface area is 156 Å². The Morgan fingerprint density at radius 2 is 1.58 bits per heavy atom. The van der Waals surface area contributed by atoms with E-state index >= 15 is 0 Å². The molecule has 3 nitrogen and oxygen atoms in total. The van der Waals surface area contributed by atoms with Crippen molar-refractivity contribution in [2.24, 2.45) is 5.92 Å². The molecule has 138 valence electrons. The molecule has 2 unspecified atom stereocenters. The van der Waals surface area contributed by atoms with Crippen LogP contribution >= 0.6 is 0 Å². The summed E-state index contributed by atoms with van der Waals surface area (Å²) in [5, 5.41) is 10.2. The number of rotatable bonds is 6. The van der Waals surface area contributed by atoms with Crippen LogP contribution in [0.5, 0.6) is 0 Å². The van der Waals surface area contributed by atoms with Crippen molar-refractivity contribution in [2.75, 3.05) is 4.90 Å². The first-order valence-corrected chi connectivity index (χ1v) is 9.61. The fraction of sp³-hybridized carbons (Fsp3) is 0.435. The summed E-state index contributed by atoms with van der Waals surface area (Å²) in [4.78, 5) is 14.0. The van der Waals surface area contributed by atoms with Gasteiger partial charge in [0.15, 0.2) is 0 Å². The van der Waals surface area contributed by atoms with Crippen LogP contribution in [0.2, 0.25) is 0 Å². The molecular formula is C23H29NO2. The van der Waals surface area contributed by atoms with Crippen LogP contribution < -0.4 is 4.90 Å². The molecule has 1 N–H and O–H groups in total. The molecule has 3 heteroatoms. The third-order valence-electron chi connectivity index (χ3n) is 5.66. The maximum Gasteiger partial charge on any atom is 0.412 e. The fourth-order valence-corrected chi connectivity index (χ4v) is 3.88. The summed E-state index contributed by atoms with van der Waals surface area (Å²) < 4.78 is 0. The van der Waals surface area contributed by atoms with Crippen molar-refractivity contribution in [1.82, 2.24) is 0 Å². The second kappa shape index (κ2) is 7.53. The first-order valence-electron chi connectivity index (χ1n) is 9.61. The molecule has 1 saturated carbocycles. The SMILES string of the molecule is CC(C)c1cccc(C(C)C2CC2)c1N(C(=O)O)C(C)c1ccccc1. The van der Waals surface area contributed by atoms with Crippen LogP contribution in [0.25, 0.3) is 0 Å². The summed E-state index contributed by atoms with van der Waals surface area (Å²) in [6.45, 7) is 8.50. The highest BCUT2D eigenvalue weighted by atomic mass is 16.4. The lowest BCUT2D eigenvalue weighted by Crippen LogP contribution is -2.34. The lowest BCUT2D eigenvalue weighted by molar-refractivity contribution is 0.199. The van der Waals surface area contributed by atoms with Gasteiger partial charge in [-0.2, -0.15) is 0 Å². The molecule has 2 aromatic rings. The van der Waals surface area contributed by atoms with Crippen LogP contribution in [0.1, 0.15) is 75.1 Å². The number of carbonyl (C=O) groups is 1. The van der Waals surface area contributed by atoms with Crippen molar-refractivity contribution < 1.29 is 9.90 Å². The Morgan fingerprint density at radius 3 is 2.12 bits per heavy atom. The second-order valence-corrected chi connectivity index (χ2v) is 7.81. The molecule has 1 fully saturated rings. The number of para-hydroxylation sites is 1. The third-order valence-corrected chi connectivity index (χ3v) is 5.66. The maximum absolute atomic E-state index is 12.4. The first kappa shape index (κ1) is 18.5. The van der Waals surface area contributed by atoms with Crippen LogP contribution in [-0.2, 0) is 0 Å². The number of carboxylic acid groups (broad SMARTS) is 1. The Morgan fingerprint density at radius 1 is 0.962 bits per heavy atom. The standard InChI is InChI=1S/C23H29NO2/c1-15(2)20-11-8-12-21(16(3)18-13-14-18)22(20)24(23(25)26)17(4)19-9-6-5-7-10-19/h5-12,15-18H,13-14H2,1-4H3,(H,25,26). The van der Waals surface area contributed by atoms with Crippen molar-refractivity contribution in [1.29, 1.82) is 0 Å². The van der Waals surface area contributed by atoms with Gasteiger partial charge in [0.2, 0.25) is 0 Å². The Kier molecular flexibility index (Phi) is 5.36. The van der Waals surface area contributed by atoms with E-state index in [1.807, 2.05) is 37.3 Å². The smallest absolute Gasteiger partial charge is 0.412 e. The third kappa shape index (κ3) is 3.62. The number of hydrogen-bond acceptors (Lipinski definition) is 1. The molecule has 1 aliphatic rings. The monoisotopic (exact) mass is 351 g/mol. The highest BCUT2D eigenvalue weighted by Gasteiger charge is 2.34. The van der Waals surface area contributed by atoms with Crippen LogP contribution in [0.4, 0.5) is 10.5 Å². The molecule has 0 heterocycles. The van der Waals surface area contributed by atoms with Crippen LogP contribution in [-0.4, -0.2) is 11.2 Å². The summed E-state index contributed by atoms with van der Waals surface area (Å²) in [5.74, 6) is 1.33. The van der Waals surface area contributed by atoms with Gasteiger partial charge >= 0.3 is 6.09 Å².